The van der Waals surface area contributed by atoms with E-state index >= 15 is 0 Å². The van der Waals surface area contributed by atoms with E-state index in [9.17, 15) is 8.78 Å². The van der Waals surface area contributed by atoms with Gasteiger partial charge in [-0.25, -0.2) is 13.8 Å². The maximum atomic E-state index is 12.2. The lowest BCUT2D eigenvalue weighted by molar-refractivity contribution is 0.0818. The third kappa shape index (κ3) is 6.26. The van der Waals surface area contributed by atoms with Gasteiger partial charge in [0.1, 0.15) is 12.4 Å². The highest BCUT2D eigenvalue weighted by atomic mass is 19.3. The Morgan fingerprint density at radius 3 is 2.83 bits per heavy atom. The predicted octanol–water partition coefficient (Wildman–Crippen LogP) is 3.10. The maximum Gasteiger partial charge on any atom is 0.272 e. The molecule has 0 saturated carbocycles. The summed E-state index contributed by atoms with van der Waals surface area (Å²) in [5.41, 5.74) is 0.915. The van der Waals surface area contributed by atoms with Crippen molar-refractivity contribution in [1.82, 2.24) is 10.6 Å². The van der Waals surface area contributed by atoms with Gasteiger partial charge in [0.25, 0.3) is 6.43 Å². The van der Waals surface area contributed by atoms with Crippen LogP contribution in [0.3, 0.4) is 0 Å². The molecule has 0 saturated heterocycles. The van der Waals surface area contributed by atoms with E-state index in [2.05, 4.69) is 27.8 Å². The molecule has 0 atom stereocenters. The van der Waals surface area contributed by atoms with E-state index in [0.717, 1.165) is 30.9 Å². The highest BCUT2D eigenvalue weighted by Gasteiger charge is 2.11. The minimum Gasteiger partial charge on any atom is -0.488 e. The summed E-state index contributed by atoms with van der Waals surface area (Å²) >= 11 is 0. The molecular formula is C17H23F2N3O. The van der Waals surface area contributed by atoms with E-state index in [-0.39, 0.29) is 0 Å². The summed E-state index contributed by atoms with van der Waals surface area (Å²) in [5, 5.41) is 6.60. The van der Waals surface area contributed by atoms with Crippen molar-refractivity contribution in [2.45, 2.75) is 38.8 Å². The Morgan fingerprint density at radius 1 is 1.35 bits per heavy atom. The van der Waals surface area contributed by atoms with Crippen LogP contribution in [-0.4, -0.2) is 31.6 Å². The maximum absolute atomic E-state index is 12.2. The fourth-order valence-corrected chi connectivity index (χ4v) is 2.31. The molecule has 4 nitrogen and oxygen atoms in total. The minimum atomic E-state index is -2.47. The minimum absolute atomic E-state index is 0.383. The Bertz CT molecular complexity index is 538. The number of alkyl halides is 2. The third-order valence-corrected chi connectivity index (χ3v) is 3.39. The van der Waals surface area contributed by atoms with Gasteiger partial charge in [0.05, 0.1) is 6.54 Å². The van der Waals surface area contributed by atoms with Crippen LogP contribution in [-0.2, 0) is 6.54 Å². The third-order valence-electron chi connectivity index (χ3n) is 3.39. The van der Waals surface area contributed by atoms with Crippen LogP contribution < -0.4 is 15.4 Å². The Balaban J connectivity index is 1.93. The number of ether oxygens (including phenoxy) is 1. The molecule has 0 aromatic heterocycles. The van der Waals surface area contributed by atoms with E-state index in [4.69, 9.17) is 4.74 Å². The van der Waals surface area contributed by atoms with Crippen molar-refractivity contribution in [1.29, 1.82) is 0 Å². The first-order chi connectivity index (χ1) is 11.2. The molecule has 126 valence electrons. The highest BCUT2D eigenvalue weighted by Crippen LogP contribution is 2.15. The van der Waals surface area contributed by atoms with Crippen LogP contribution in [0.4, 0.5) is 8.78 Å². The zero-order valence-corrected chi connectivity index (χ0v) is 13.3. The normalized spacial score (nSPS) is 15.2. The summed E-state index contributed by atoms with van der Waals surface area (Å²) in [4.78, 5) is 4.55. The van der Waals surface area contributed by atoms with E-state index in [1.165, 1.54) is 0 Å². The van der Waals surface area contributed by atoms with Crippen molar-refractivity contribution in [3.05, 3.63) is 42.0 Å². The molecule has 0 heterocycles. The molecule has 0 amide bonds. The predicted molar refractivity (Wildman–Crippen MR) is 88.1 cm³/mol. The topological polar surface area (TPSA) is 45.7 Å². The number of hydrogen-bond donors (Lipinski definition) is 2. The van der Waals surface area contributed by atoms with Crippen molar-refractivity contribution in [2.24, 2.45) is 4.99 Å². The molecule has 6 heteroatoms. The van der Waals surface area contributed by atoms with Crippen LogP contribution in [0, 0.1) is 0 Å². The van der Waals surface area contributed by atoms with Crippen molar-refractivity contribution in [3.8, 4) is 5.75 Å². The lowest BCUT2D eigenvalue weighted by atomic mass is 10.2. The highest BCUT2D eigenvalue weighted by molar-refractivity contribution is 5.80. The molecule has 0 aliphatic heterocycles. The summed E-state index contributed by atoms with van der Waals surface area (Å²) in [6.07, 6.45) is 3.85. The second kappa shape index (κ2) is 9.12. The van der Waals surface area contributed by atoms with E-state index in [1.807, 2.05) is 13.0 Å². The van der Waals surface area contributed by atoms with Gasteiger partial charge in [-0.3, -0.25) is 0 Å². The van der Waals surface area contributed by atoms with Gasteiger partial charge < -0.3 is 15.4 Å². The van der Waals surface area contributed by atoms with Gasteiger partial charge in [-0.2, -0.15) is 0 Å². The Labute approximate surface area is 135 Å². The lowest BCUT2D eigenvalue weighted by Gasteiger charge is -2.16. The summed E-state index contributed by atoms with van der Waals surface area (Å²) in [7, 11) is 0. The second-order valence-electron chi connectivity index (χ2n) is 5.33. The van der Waals surface area contributed by atoms with E-state index < -0.39 is 13.0 Å². The van der Waals surface area contributed by atoms with Gasteiger partial charge in [0.2, 0.25) is 0 Å². The molecule has 0 radical (unpaired) electrons. The summed E-state index contributed by atoms with van der Waals surface area (Å²) in [6.45, 7) is 2.67. The molecule has 0 unspecified atom stereocenters. The Kier molecular flexibility index (Phi) is 6.84. The Hall–Kier alpha value is -2.11. The summed E-state index contributed by atoms with van der Waals surface area (Å²) < 4.78 is 29.4. The molecule has 1 aromatic carbocycles. The molecule has 1 aromatic rings. The van der Waals surface area contributed by atoms with Gasteiger partial charge in [0, 0.05) is 12.6 Å². The largest absolute Gasteiger partial charge is 0.488 e. The first kappa shape index (κ1) is 17.2. The zero-order chi connectivity index (χ0) is 16.5. The standard InChI is InChI=1S/C17H23F2N3O/c1-2-20-17(22-14-7-3-4-8-14)21-11-13-6-5-9-15(10-13)23-12-16(18)19/h3-6,9-10,14,16H,2,7-8,11-12H2,1H3,(H2,20,21,22). The number of nitrogens with zero attached hydrogens (tertiary/aromatic N) is 1. The van der Waals surface area contributed by atoms with Crippen molar-refractivity contribution in [2.75, 3.05) is 13.2 Å². The van der Waals surface area contributed by atoms with Crippen LogP contribution in [0.5, 0.6) is 5.75 Å². The fourth-order valence-electron chi connectivity index (χ4n) is 2.31. The van der Waals surface area contributed by atoms with Gasteiger partial charge >= 0.3 is 0 Å². The van der Waals surface area contributed by atoms with Crippen LogP contribution >= 0.6 is 0 Å². The van der Waals surface area contributed by atoms with Crippen molar-refractivity contribution < 1.29 is 13.5 Å². The van der Waals surface area contributed by atoms with Crippen LogP contribution in [0.15, 0.2) is 41.4 Å². The second-order valence-corrected chi connectivity index (χ2v) is 5.33. The first-order valence-corrected chi connectivity index (χ1v) is 7.87. The number of guanidine groups is 1. The SMILES string of the molecule is CCNC(=NCc1cccc(OCC(F)F)c1)NC1CC=CC1. The molecule has 23 heavy (non-hydrogen) atoms. The van der Waals surface area contributed by atoms with Crippen molar-refractivity contribution in [3.63, 3.8) is 0 Å². The van der Waals surface area contributed by atoms with Crippen molar-refractivity contribution >= 4 is 5.96 Å². The first-order valence-electron chi connectivity index (χ1n) is 7.87. The quantitative estimate of drug-likeness (QED) is 0.460. The molecule has 2 rings (SSSR count). The molecule has 1 aliphatic rings. The molecule has 1 aliphatic carbocycles. The molecular weight excluding hydrogens is 300 g/mol. The lowest BCUT2D eigenvalue weighted by Crippen LogP contribution is -2.42. The number of halogens is 2. The number of rotatable bonds is 7. The fraction of sp³-hybridized carbons (Fsp3) is 0.471. The zero-order valence-electron chi connectivity index (χ0n) is 13.3. The molecule has 2 N–H and O–H groups in total. The van der Waals surface area contributed by atoms with Gasteiger partial charge in [0.15, 0.2) is 5.96 Å². The number of benzene rings is 1. The number of nitrogens with one attached hydrogen (secondary N) is 2. The van der Waals surface area contributed by atoms with Gasteiger partial charge in [-0.15, -0.1) is 0 Å². The van der Waals surface area contributed by atoms with E-state index in [1.54, 1.807) is 18.2 Å². The van der Waals surface area contributed by atoms with Crippen LogP contribution in [0.2, 0.25) is 0 Å². The average Bonchev–Trinajstić information content (AvgIpc) is 3.04. The average molecular weight is 323 g/mol. The van der Waals surface area contributed by atoms with Gasteiger partial charge in [-0.05, 0) is 37.5 Å². The van der Waals surface area contributed by atoms with Crippen LogP contribution in [0.1, 0.15) is 25.3 Å². The number of aliphatic imine (C=N–C) groups is 1. The smallest absolute Gasteiger partial charge is 0.272 e. The summed E-state index contributed by atoms with van der Waals surface area (Å²) in [5.74, 6) is 1.20. The monoisotopic (exact) mass is 323 g/mol. The molecule has 0 fully saturated rings. The number of hydrogen-bond acceptors (Lipinski definition) is 2. The molecule has 0 bridgehead atoms. The van der Waals surface area contributed by atoms with E-state index in [0.29, 0.717) is 18.3 Å². The Morgan fingerprint density at radius 2 is 2.13 bits per heavy atom. The summed E-state index contributed by atoms with van der Waals surface area (Å²) in [6, 6.07) is 7.48. The van der Waals surface area contributed by atoms with Gasteiger partial charge in [-0.1, -0.05) is 24.3 Å². The molecule has 0 spiro atoms. The van der Waals surface area contributed by atoms with Crippen LogP contribution in [0.25, 0.3) is 0 Å².